The molecule has 2 aromatic rings. The monoisotopic (exact) mass is 492 g/mol. The zero-order valence-electron chi connectivity index (χ0n) is 20.1. The molecule has 0 N–H and O–H groups in total. The molecule has 0 spiro atoms. The van der Waals surface area contributed by atoms with Gasteiger partial charge in [0.05, 0.1) is 18.5 Å². The van der Waals surface area contributed by atoms with Crippen molar-refractivity contribution in [2.75, 3.05) is 19.6 Å². The highest BCUT2D eigenvalue weighted by atomic mass is 19.1. The third-order valence-corrected chi connectivity index (χ3v) is 7.68. The Hall–Kier alpha value is -3.62. The number of benzene rings is 1. The minimum atomic E-state index is -1.52. The second kappa shape index (κ2) is 9.79. The standard InChI is InChI=1S/C27H29FN4O4/c28-21-7-3-6-20(13-21)27(15-24(34)32(26(27)36)17-19-5-4-10-29-16-19)14-23(33)30-11-12-31(25(35)18-30)22-8-1-2-9-22/h3-7,10,13,16,22H,1-2,8-9,11-12,14-15,17-18H2. The van der Waals surface area contributed by atoms with Gasteiger partial charge < -0.3 is 9.80 Å². The van der Waals surface area contributed by atoms with E-state index in [9.17, 15) is 23.6 Å². The van der Waals surface area contributed by atoms with Crippen LogP contribution in [-0.2, 0) is 31.1 Å². The van der Waals surface area contributed by atoms with Gasteiger partial charge >= 0.3 is 0 Å². The van der Waals surface area contributed by atoms with Crippen molar-refractivity contribution in [1.82, 2.24) is 19.7 Å². The van der Waals surface area contributed by atoms with Crippen LogP contribution in [0.4, 0.5) is 4.39 Å². The molecule has 36 heavy (non-hydrogen) atoms. The first-order valence-electron chi connectivity index (χ1n) is 12.4. The number of pyridine rings is 1. The predicted octanol–water partition coefficient (Wildman–Crippen LogP) is 2.42. The number of likely N-dealkylation sites (tertiary alicyclic amines) is 1. The molecular weight excluding hydrogens is 463 g/mol. The van der Waals surface area contributed by atoms with Crippen molar-refractivity contribution >= 4 is 23.6 Å². The number of nitrogens with zero attached hydrogens (tertiary/aromatic N) is 4. The van der Waals surface area contributed by atoms with E-state index in [1.54, 1.807) is 30.6 Å². The maximum Gasteiger partial charge on any atom is 0.242 e. The van der Waals surface area contributed by atoms with Crippen molar-refractivity contribution in [3.05, 3.63) is 65.7 Å². The zero-order valence-corrected chi connectivity index (χ0v) is 20.1. The predicted molar refractivity (Wildman–Crippen MR) is 128 cm³/mol. The molecule has 2 aliphatic heterocycles. The lowest BCUT2D eigenvalue weighted by Crippen LogP contribution is -2.56. The molecule has 8 nitrogen and oxygen atoms in total. The van der Waals surface area contributed by atoms with E-state index in [0.29, 0.717) is 24.2 Å². The van der Waals surface area contributed by atoms with Crippen LogP contribution in [0.3, 0.4) is 0 Å². The fourth-order valence-corrected chi connectivity index (χ4v) is 5.76. The summed E-state index contributed by atoms with van der Waals surface area (Å²) in [5.41, 5.74) is -0.558. The average molecular weight is 493 g/mol. The second-order valence-corrected chi connectivity index (χ2v) is 9.93. The summed E-state index contributed by atoms with van der Waals surface area (Å²) in [7, 11) is 0. The lowest BCUT2D eigenvalue weighted by molar-refractivity contribution is -0.149. The summed E-state index contributed by atoms with van der Waals surface area (Å²) in [6.07, 6.45) is 6.83. The summed E-state index contributed by atoms with van der Waals surface area (Å²) >= 11 is 0. The largest absolute Gasteiger partial charge is 0.336 e. The molecule has 1 aromatic carbocycles. The van der Waals surface area contributed by atoms with Crippen molar-refractivity contribution < 1.29 is 23.6 Å². The van der Waals surface area contributed by atoms with Gasteiger partial charge in [-0.05, 0) is 42.2 Å². The molecule has 3 heterocycles. The van der Waals surface area contributed by atoms with Crippen LogP contribution in [0.1, 0.15) is 49.7 Å². The highest BCUT2D eigenvalue weighted by Gasteiger charge is 2.54. The average Bonchev–Trinajstić information content (AvgIpc) is 3.48. The number of piperazine rings is 1. The van der Waals surface area contributed by atoms with E-state index in [1.807, 2.05) is 4.90 Å². The maximum atomic E-state index is 14.2. The molecule has 5 rings (SSSR count). The number of carbonyl (C=O) groups excluding carboxylic acids is 4. The molecule has 3 fully saturated rings. The molecule has 1 atom stereocenters. The Bertz CT molecular complexity index is 1180. The SMILES string of the molecule is O=C(CC1(c2cccc(F)c2)CC(=O)N(Cc2cccnc2)C1=O)N1CCN(C2CCCC2)C(=O)C1. The molecule has 1 aliphatic carbocycles. The van der Waals surface area contributed by atoms with Crippen LogP contribution in [-0.4, -0.2) is 69.0 Å². The van der Waals surface area contributed by atoms with E-state index in [0.717, 1.165) is 30.6 Å². The van der Waals surface area contributed by atoms with E-state index in [2.05, 4.69) is 4.98 Å². The fraction of sp³-hybridized carbons (Fsp3) is 0.444. The van der Waals surface area contributed by atoms with Crippen LogP contribution in [0, 0.1) is 5.82 Å². The van der Waals surface area contributed by atoms with Gasteiger partial charge in [0, 0.05) is 44.4 Å². The molecule has 1 aromatic heterocycles. The molecule has 2 saturated heterocycles. The Morgan fingerprint density at radius 2 is 1.86 bits per heavy atom. The van der Waals surface area contributed by atoms with Gasteiger partial charge in [0.25, 0.3) is 0 Å². The van der Waals surface area contributed by atoms with Crippen LogP contribution in [0.15, 0.2) is 48.8 Å². The summed E-state index contributed by atoms with van der Waals surface area (Å²) in [5.74, 6) is -1.99. The van der Waals surface area contributed by atoms with Gasteiger partial charge in [-0.15, -0.1) is 0 Å². The summed E-state index contributed by atoms with van der Waals surface area (Å²) in [6.45, 7) is 0.815. The molecule has 0 radical (unpaired) electrons. The van der Waals surface area contributed by atoms with E-state index in [-0.39, 0.29) is 43.8 Å². The number of hydrogen-bond acceptors (Lipinski definition) is 5. The van der Waals surface area contributed by atoms with Crippen LogP contribution in [0.2, 0.25) is 0 Å². The van der Waals surface area contributed by atoms with Crippen molar-refractivity contribution in [2.45, 2.75) is 56.5 Å². The third kappa shape index (κ3) is 4.50. The lowest BCUT2D eigenvalue weighted by atomic mass is 9.75. The van der Waals surface area contributed by atoms with Crippen LogP contribution in [0.5, 0.6) is 0 Å². The number of carbonyl (C=O) groups is 4. The van der Waals surface area contributed by atoms with Crippen molar-refractivity contribution in [2.24, 2.45) is 0 Å². The van der Waals surface area contributed by atoms with Gasteiger partial charge in [-0.1, -0.05) is 31.0 Å². The van der Waals surface area contributed by atoms with E-state index < -0.39 is 23.0 Å². The highest BCUT2D eigenvalue weighted by Crippen LogP contribution is 2.41. The molecule has 3 aliphatic rings. The van der Waals surface area contributed by atoms with Gasteiger partial charge in [0.15, 0.2) is 0 Å². The molecule has 188 valence electrons. The first-order valence-corrected chi connectivity index (χ1v) is 12.4. The van der Waals surface area contributed by atoms with E-state index in [1.165, 1.54) is 23.1 Å². The quantitative estimate of drug-likeness (QED) is 0.578. The van der Waals surface area contributed by atoms with Gasteiger partial charge in [0.1, 0.15) is 5.82 Å². The number of rotatable bonds is 6. The zero-order chi connectivity index (χ0) is 25.3. The number of imide groups is 1. The second-order valence-electron chi connectivity index (χ2n) is 9.93. The number of aromatic nitrogens is 1. The minimum Gasteiger partial charge on any atom is -0.336 e. The lowest BCUT2D eigenvalue weighted by Gasteiger charge is -2.39. The number of halogens is 1. The van der Waals surface area contributed by atoms with Crippen LogP contribution < -0.4 is 0 Å². The third-order valence-electron chi connectivity index (χ3n) is 7.68. The molecule has 0 bridgehead atoms. The Balaban J connectivity index is 1.39. The van der Waals surface area contributed by atoms with Crippen molar-refractivity contribution in [3.8, 4) is 0 Å². The van der Waals surface area contributed by atoms with Crippen molar-refractivity contribution in [1.29, 1.82) is 0 Å². The topological polar surface area (TPSA) is 90.9 Å². The molecule has 4 amide bonds. The Labute approximate surface area is 209 Å². The highest BCUT2D eigenvalue weighted by molar-refractivity contribution is 6.10. The molecule has 1 saturated carbocycles. The smallest absolute Gasteiger partial charge is 0.242 e. The molecular formula is C27H29FN4O4. The van der Waals surface area contributed by atoms with Gasteiger partial charge in [-0.3, -0.25) is 29.1 Å². The maximum absolute atomic E-state index is 14.2. The normalized spacial score (nSPS) is 23.1. The van der Waals surface area contributed by atoms with Gasteiger partial charge in [0.2, 0.25) is 23.6 Å². The summed E-state index contributed by atoms with van der Waals surface area (Å²) in [5, 5.41) is 0. The summed E-state index contributed by atoms with van der Waals surface area (Å²) in [4.78, 5) is 61.7. The number of amides is 4. The summed E-state index contributed by atoms with van der Waals surface area (Å²) < 4.78 is 14.2. The summed E-state index contributed by atoms with van der Waals surface area (Å²) in [6, 6.07) is 9.25. The Morgan fingerprint density at radius 3 is 2.56 bits per heavy atom. The molecule has 9 heteroatoms. The van der Waals surface area contributed by atoms with Gasteiger partial charge in [-0.2, -0.15) is 0 Å². The Kier molecular flexibility index (Phi) is 6.55. The van der Waals surface area contributed by atoms with Crippen LogP contribution in [0.25, 0.3) is 0 Å². The van der Waals surface area contributed by atoms with Crippen LogP contribution >= 0.6 is 0 Å². The Morgan fingerprint density at radius 1 is 1.06 bits per heavy atom. The van der Waals surface area contributed by atoms with E-state index in [4.69, 9.17) is 0 Å². The fourth-order valence-electron chi connectivity index (χ4n) is 5.76. The van der Waals surface area contributed by atoms with E-state index >= 15 is 0 Å². The molecule has 1 unspecified atom stereocenters. The van der Waals surface area contributed by atoms with Crippen molar-refractivity contribution in [3.63, 3.8) is 0 Å². The van der Waals surface area contributed by atoms with Gasteiger partial charge in [-0.25, -0.2) is 4.39 Å². The first-order chi connectivity index (χ1) is 17.4. The first kappa shape index (κ1) is 24.1. The number of hydrogen-bond donors (Lipinski definition) is 0. The minimum absolute atomic E-state index is 0.0231.